The first-order chi connectivity index (χ1) is 9.76. The van der Waals surface area contributed by atoms with Gasteiger partial charge in [0, 0.05) is 6.04 Å². The van der Waals surface area contributed by atoms with Gasteiger partial charge in [-0.1, -0.05) is 0 Å². The van der Waals surface area contributed by atoms with E-state index in [2.05, 4.69) is 0 Å². The highest BCUT2D eigenvalue weighted by Gasteiger charge is 2.27. The van der Waals surface area contributed by atoms with E-state index in [1.165, 1.54) is 14.2 Å². The zero-order valence-corrected chi connectivity index (χ0v) is 12.3. The van der Waals surface area contributed by atoms with E-state index in [0.29, 0.717) is 17.9 Å². The molecule has 0 saturated heterocycles. The Morgan fingerprint density at radius 3 is 2.05 bits per heavy atom. The normalized spacial score (nSPS) is 12.9. The molecule has 0 aliphatic carbocycles. The van der Waals surface area contributed by atoms with Gasteiger partial charge >= 0.3 is 6.18 Å². The summed E-state index contributed by atoms with van der Waals surface area (Å²) in [5, 5.41) is 0. The summed E-state index contributed by atoms with van der Waals surface area (Å²) in [4.78, 5) is 0. The molecule has 0 aromatic heterocycles. The van der Waals surface area contributed by atoms with E-state index in [9.17, 15) is 13.2 Å². The zero-order chi connectivity index (χ0) is 16.0. The molecule has 0 radical (unpaired) electrons. The van der Waals surface area contributed by atoms with Gasteiger partial charge in [-0.25, -0.2) is 0 Å². The van der Waals surface area contributed by atoms with Gasteiger partial charge in [-0.3, -0.25) is 0 Å². The molecule has 0 spiro atoms. The molecule has 1 atom stereocenters. The molecule has 0 amide bonds. The number of ether oxygens (including phenoxy) is 3. The smallest absolute Gasteiger partial charge is 0.392 e. The van der Waals surface area contributed by atoms with Crippen molar-refractivity contribution in [2.75, 3.05) is 20.8 Å². The van der Waals surface area contributed by atoms with Crippen LogP contribution >= 0.6 is 0 Å². The van der Waals surface area contributed by atoms with E-state index in [4.69, 9.17) is 19.9 Å². The van der Waals surface area contributed by atoms with Crippen LogP contribution in [0.15, 0.2) is 12.1 Å². The molecular formula is C14H20F3NO3. The van der Waals surface area contributed by atoms with Crippen LogP contribution in [-0.4, -0.2) is 33.0 Å². The fraction of sp³-hybridized carbons (Fsp3) is 0.571. The lowest BCUT2D eigenvalue weighted by atomic mass is 10.1. The largest absolute Gasteiger partial charge is 0.493 e. The van der Waals surface area contributed by atoms with Crippen molar-refractivity contribution in [1.82, 2.24) is 0 Å². The lowest BCUT2D eigenvalue weighted by molar-refractivity contribution is -0.139. The van der Waals surface area contributed by atoms with Crippen LogP contribution in [0.1, 0.15) is 18.9 Å². The van der Waals surface area contributed by atoms with Crippen molar-refractivity contribution in [3.05, 3.63) is 17.7 Å². The lowest BCUT2D eigenvalue weighted by Crippen LogP contribution is -2.18. The predicted octanol–water partition coefficient (Wildman–Crippen LogP) is 2.92. The van der Waals surface area contributed by atoms with Gasteiger partial charge in [0.05, 0.1) is 27.2 Å². The van der Waals surface area contributed by atoms with Gasteiger partial charge in [0.25, 0.3) is 0 Å². The highest BCUT2D eigenvalue weighted by Crippen LogP contribution is 2.39. The Morgan fingerprint density at radius 2 is 1.67 bits per heavy atom. The minimum absolute atomic E-state index is 0.0589. The Hall–Kier alpha value is -1.63. The van der Waals surface area contributed by atoms with E-state index in [0.717, 1.165) is 5.56 Å². The van der Waals surface area contributed by atoms with Crippen LogP contribution in [0, 0.1) is 0 Å². The van der Waals surface area contributed by atoms with Crippen LogP contribution in [0.25, 0.3) is 0 Å². The molecule has 1 aromatic rings. The molecule has 0 saturated carbocycles. The standard InChI is InChI=1S/C14H20F3NO3/c1-9(18)6-10-7-11(19-2)13(12(8-10)20-3)21-5-4-14(15,16)17/h7-9H,4-6,18H2,1-3H3. The van der Waals surface area contributed by atoms with Crippen molar-refractivity contribution in [1.29, 1.82) is 0 Å². The summed E-state index contributed by atoms with van der Waals surface area (Å²) in [5.41, 5.74) is 6.60. The monoisotopic (exact) mass is 307 g/mol. The third-order valence-electron chi connectivity index (χ3n) is 2.71. The van der Waals surface area contributed by atoms with E-state index in [1.54, 1.807) is 12.1 Å². The minimum atomic E-state index is -4.27. The quantitative estimate of drug-likeness (QED) is 0.841. The van der Waals surface area contributed by atoms with Crippen molar-refractivity contribution in [3.63, 3.8) is 0 Å². The molecule has 1 rings (SSSR count). The molecule has 0 aliphatic rings. The van der Waals surface area contributed by atoms with Crippen molar-refractivity contribution in [3.8, 4) is 17.2 Å². The van der Waals surface area contributed by atoms with Crippen molar-refractivity contribution in [2.24, 2.45) is 5.73 Å². The number of benzene rings is 1. The average molecular weight is 307 g/mol. The van der Waals surface area contributed by atoms with E-state index in [1.807, 2.05) is 6.92 Å². The Labute approximate surface area is 122 Å². The number of alkyl halides is 3. The summed E-state index contributed by atoms with van der Waals surface area (Å²) >= 11 is 0. The SMILES string of the molecule is COc1cc(CC(C)N)cc(OC)c1OCCC(F)(F)F. The van der Waals surface area contributed by atoms with Crippen LogP contribution in [0.4, 0.5) is 13.2 Å². The Bertz CT molecular complexity index is 436. The fourth-order valence-corrected chi connectivity index (χ4v) is 1.83. The predicted molar refractivity (Wildman–Crippen MR) is 73.1 cm³/mol. The van der Waals surface area contributed by atoms with Gasteiger partial charge in [0.15, 0.2) is 11.5 Å². The Kier molecular flexibility index (Phi) is 6.14. The maximum atomic E-state index is 12.2. The number of hydrogen-bond donors (Lipinski definition) is 1. The summed E-state index contributed by atoms with van der Waals surface area (Å²) in [6.07, 6.45) is -4.72. The fourth-order valence-electron chi connectivity index (χ4n) is 1.83. The van der Waals surface area contributed by atoms with Crippen LogP contribution in [-0.2, 0) is 6.42 Å². The first-order valence-electron chi connectivity index (χ1n) is 6.47. The molecule has 21 heavy (non-hydrogen) atoms. The zero-order valence-electron chi connectivity index (χ0n) is 12.3. The molecule has 1 unspecified atom stereocenters. The van der Waals surface area contributed by atoms with E-state index in [-0.39, 0.29) is 11.8 Å². The molecule has 1 aromatic carbocycles. The van der Waals surface area contributed by atoms with Gasteiger partial charge < -0.3 is 19.9 Å². The lowest BCUT2D eigenvalue weighted by Gasteiger charge is -2.17. The summed E-state index contributed by atoms with van der Waals surface area (Å²) in [6.45, 7) is 1.36. The molecule has 0 fully saturated rings. The molecule has 4 nitrogen and oxygen atoms in total. The highest BCUT2D eigenvalue weighted by atomic mass is 19.4. The van der Waals surface area contributed by atoms with Crippen LogP contribution < -0.4 is 19.9 Å². The van der Waals surface area contributed by atoms with Gasteiger partial charge in [0.1, 0.15) is 0 Å². The number of nitrogens with two attached hydrogens (primary N) is 1. The van der Waals surface area contributed by atoms with Gasteiger partial charge in [-0.15, -0.1) is 0 Å². The number of methoxy groups -OCH3 is 2. The van der Waals surface area contributed by atoms with Crippen molar-refractivity contribution in [2.45, 2.75) is 32.0 Å². The molecule has 7 heteroatoms. The van der Waals surface area contributed by atoms with Crippen LogP contribution in [0.2, 0.25) is 0 Å². The van der Waals surface area contributed by atoms with Crippen molar-refractivity contribution >= 4 is 0 Å². The van der Waals surface area contributed by atoms with Crippen LogP contribution in [0.3, 0.4) is 0 Å². The molecule has 2 N–H and O–H groups in total. The molecular weight excluding hydrogens is 287 g/mol. The van der Waals surface area contributed by atoms with E-state index >= 15 is 0 Å². The number of halogens is 3. The highest BCUT2D eigenvalue weighted by molar-refractivity contribution is 5.54. The summed E-state index contributed by atoms with van der Waals surface area (Å²) in [7, 11) is 2.84. The third kappa shape index (κ3) is 5.71. The average Bonchev–Trinajstić information content (AvgIpc) is 2.37. The molecule has 0 heterocycles. The Balaban J connectivity index is 2.95. The van der Waals surface area contributed by atoms with Gasteiger partial charge in [0.2, 0.25) is 5.75 Å². The van der Waals surface area contributed by atoms with Crippen LogP contribution in [0.5, 0.6) is 17.2 Å². The maximum Gasteiger partial charge on any atom is 0.392 e. The molecule has 0 bridgehead atoms. The second-order valence-electron chi connectivity index (χ2n) is 4.72. The summed E-state index contributed by atoms with van der Waals surface area (Å²) in [6, 6.07) is 3.32. The maximum absolute atomic E-state index is 12.2. The Morgan fingerprint density at radius 1 is 1.14 bits per heavy atom. The number of rotatable bonds is 7. The summed E-state index contributed by atoms with van der Waals surface area (Å²) < 4.78 is 52.0. The van der Waals surface area contributed by atoms with Gasteiger partial charge in [-0.2, -0.15) is 13.2 Å². The first-order valence-corrected chi connectivity index (χ1v) is 6.47. The number of hydrogen-bond acceptors (Lipinski definition) is 4. The second kappa shape index (κ2) is 7.40. The second-order valence-corrected chi connectivity index (χ2v) is 4.72. The molecule has 120 valence electrons. The van der Waals surface area contributed by atoms with E-state index < -0.39 is 19.2 Å². The van der Waals surface area contributed by atoms with Crippen molar-refractivity contribution < 1.29 is 27.4 Å². The first kappa shape index (κ1) is 17.4. The third-order valence-corrected chi connectivity index (χ3v) is 2.71. The minimum Gasteiger partial charge on any atom is -0.493 e. The topological polar surface area (TPSA) is 53.7 Å². The van der Waals surface area contributed by atoms with Gasteiger partial charge in [-0.05, 0) is 31.0 Å². The summed E-state index contributed by atoms with van der Waals surface area (Å²) in [5.74, 6) is 0.817. The molecule has 0 aliphatic heterocycles.